The first kappa shape index (κ1) is 16.2. The van der Waals surface area contributed by atoms with E-state index in [1.165, 1.54) is 12.1 Å². The summed E-state index contributed by atoms with van der Waals surface area (Å²) in [5.41, 5.74) is 5.33. The lowest BCUT2D eigenvalue weighted by Crippen LogP contribution is -2.40. The summed E-state index contributed by atoms with van der Waals surface area (Å²) in [6.07, 6.45) is 0. The number of halogens is 1. The predicted molar refractivity (Wildman–Crippen MR) is 76.8 cm³/mol. The average molecular weight is 307 g/mol. The second kappa shape index (κ2) is 6.09. The topological polar surface area (TPSA) is 81.4 Å². The summed E-state index contributed by atoms with van der Waals surface area (Å²) in [5, 5.41) is 0.135. The molecule has 5 nitrogen and oxygen atoms in total. The lowest BCUT2D eigenvalue weighted by Gasteiger charge is -2.24. The maximum absolute atomic E-state index is 12.1. The maximum atomic E-state index is 12.1. The van der Waals surface area contributed by atoms with Crippen LogP contribution in [0.2, 0.25) is 5.02 Å². The molecular weight excluding hydrogens is 288 g/mol. The Hall–Kier alpha value is -0.820. The Labute approximate surface area is 119 Å². The van der Waals surface area contributed by atoms with Gasteiger partial charge in [-0.15, -0.1) is 0 Å². The fraction of sp³-hybridized carbons (Fsp3) is 0.500. The summed E-state index contributed by atoms with van der Waals surface area (Å²) in [4.78, 5) is -0.0264. The molecule has 19 heavy (non-hydrogen) atoms. The van der Waals surface area contributed by atoms with E-state index in [0.29, 0.717) is 12.3 Å². The van der Waals surface area contributed by atoms with Gasteiger partial charge in [-0.2, -0.15) is 0 Å². The second-order valence-electron chi connectivity index (χ2n) is 4.71. The van der Waals surface area contributed by atoms with Crippen molar-refractivity contribution < 1.29 is 13.2 Å². The van der Waals surface area contributed by atoms with Crippen LogP contribution < -0.4 is 10.5 Å². The van der Waals surface area contributed by atoms with Gasteiger partial charge in [-0.1, -0.05) is 11.6 Å². The number of nitrogens with one attached hydrogen (secondary N) is 1. The largest absolute Gasteiger partial charge is 0.399 e. The third-order valence-corrected chi connectivity index (χ3v) is 4.35. The third kappa shape index (κ3) is 4.65. The number of anilines is 1. The van der Waals surface area contributed by atoms with Gasteiger partial charge in [0.05, 0.1) is 10.6 Å². The van der Waals surface area contributed by atoms with Gasteiger partial charge in [-0.3, -0.25) is 0 Å². The number of nitrogens with two attached hydrogens (primary N) is 1. The molecule has 1 rings (SSSR count). The molecule has 0 atom stereocenters. The molecular formula is C12H19ClN2O3S. The van der Waals surface area contributed by atoms with Crippen LogP contribution in [-0.4, -0.2) is 27.2 Å². The predicted octanol–water partition coefficient (Wildman–Crippen LogP) is 2.02. The molecule has 7 heteroatoms. The average Bonchev–Trinajstić information content (AvgIpc) is 2.30. The van der Waals surface area contributed by atoms with E-state index < -0.39 is 15.6 Å². The Morgan fingerprint density at radius 3 is 2.63 bits per heavy atom. The number of hydrogen-bond acceptors (Lipinski definition) is 4. The van der Waals surface area contributed by atoms with Crippen molar-refractivity contribution in [2.75, 3.05) is 18.9 Å². The molecule has 0 heterocycles. The van der Waals surface area contributed by atoms with Gasteiger partial charge in [-0.05, 0) is 39.0 Å². The summed E-state index contributed by atoms with van der Waals surface area (Å²) in [6, 6.07) is 4.34. The standard InChI is InChI=1S/C12H19ClN2O3S/c1-4-18-12(2,3)8-15-19(16,17)11-7-9(14)5-6-10(11)13/h5-7,15H,4,8,14H2,1-3H3. The van der Waals surface area contributed by atoms with Gasteiger partial charge in [0, 0.05) is 18.8 Å². The van der Waals surface area contributed by atoms with Gasteiger partial charge in [0.15, 0.2) is 0 Å². The van der Waals surface area contributed by atoms with Gasteiger partial charge in [0.2, 0.25) is 10.0 Å². The summed E-state index contributed by atoms with van der Waals surface area (Å²) in [6.45, 7) is 6.12. The van der Waals surface area contributed by atoms with Crippen LogP contribution in [0.15, 0.2) is 23.1 Å². The number of benzene rings is 1. The number of hydrogen-bond donors (Lipinski definition) is 2. The Kier molecular flexibility index (Phi) is 5.20. The molecule has 0 unspecified atom stereocenters. The van der Waals surface area contributed by atoms with E-state index in [4.69, 9.17) is 22.1 Å². The van der Waals surface area contributed by atoms with Crippen molar-refractivity contribution in [3.8, 4) is 0 Å². The lowest BCUT2D eigenvalue weighted by atomic mass is 10.1. The monoisotopic (exact) mass is 306 g/mol. The molecule has 0 aliphatic carbocycles. The van der Waals surface area contributed by atoms with Crippen molar-refractivity contribution in [2.24, 2.45) is 0 Å². The van der Waals surface area contributed by atoms with Crippen LogP contribution >= 0.6 is 11.6 Å². The molecule has 0 radical (unpaired) electrons. The minimum Gasteiger partial charge on any atom is -0.399 e. The molecule has 0 amide bonds. The maximum Gasteiger partial charge on any atom is 0.242 e. The number of rotatable bonds is 6. The van der Waals surface area contributed by atoms with Crippen molar-refractivity contribution in [1.82, 2.24) is 4.72 Å². The van der Waals surface area contributed by atoms with Gasteiger partial charge < -0.3 is 10.5 Å². The zero-order valence-electron chi connectivity index (χ0n) is 11.2. The van der Waals surface area contributed by atoms with Crippen LogP contribution in [0, 0.1) is 0 Å². The Balaban J connectivity index is 2.90. The highest BCUT2D eigenvalue weighted by atomic mass is 35.5. The van der Waals surface area contributed by atoms with E-state index in [1.54, 1.807) is 19.9 Å². The quantitative estimate of drug-likeness (QED) is 0.788. The molecule has 0 fully saturated rings. The lowest BCUT2D eigenvalue weighted by molar-refractivity contribution is -0.00514. The van der Waals surface area contributed by atoms with Crippen molar-refractivity contribution in [2.45, 2.75) is 31.3 Å². The van der Waals surface area contributed by atoms with Gasteiger partial charge in [0.25, 0.3) is 0 Å². The number of nitrogen functional groups attached to an aromatic ring is 1. The molecule has 0 aromatic heterocycles. The zero-order chi connectivity index (χ0) is 14.7. The van der Waals surface area contributed by atoms with Crippen molar-refractivity contribution in [3.05, 3.63) is 23.2 Å². The molecule has 0 aliphatic rings. The van der Waals surface area contributed by atoms with Crippen molar-refractivity contribution >= 4 is 27.3 Å². The van der Waals surface area contributed by atoms with Crippen LogP contribution in [0.5, 0.6) is 0 Å². The Morgan fingerprint density at radius 2 is 2.05 bits per heavy atom. The second-order valence-corrected chi connectivity index (χ2v) is 6.85. The van der Waals surface area contributed by atoms with Crippen LogP contribution in [0.1, 0.15) is 20.8 Å². The summed E-state index contributed by atoms with van der Waals surface area (Å²) in [7, 11) is -3.71. The van der Waals surface area contributed by atoms with Gasteiger partial charge in [0.1, 0.15) is 4.90 Å². The molecule has 1 aromatic carbocycles. The summed E-state index contributed by atoms with van der Waals surface area (Å²) < 4.78 is 32.2. The molecule has 0 bridgehead atoms. The molecule has 3 N–H and O–H groups in total. The Morgan fingerprint density at radius 1 is 1.42 bits per heavy atom. The van der Waals surface area contributed by atoms with E-state index in [9.17, 15) is 8.42 Å². The minimum atomic E-state index is -3.71. The van der Waals surface area contributed by atoms with Crippen LogP contribution in [0.25, 0.3) is 0 Å². The molecule has 1 aromatic rings. The summed E-state index contributed by atoms with van der Waals surface area (Å²) >= 11 is 5.89. The smallest absolute Gasteiger partial charge is 0.242 e. The first-order valence-electron chi connectivity index (χ1n) is 5.86. The number of ether oxygens (including phenoxy) is 1. The van der Waals surface area contributed by atoms with E-state index >= 15 is 0 Å². The SMILES string of the molecule is CCOC(C)(C)CNS(=O)(=O)c1cc(N)ccc1Cl. The van der Waals surface area contributed by atoms with E-state index in [0.717, 1.165) is 0 Å². The highest BCUT2D eigenvalue weighted by molar-refractivity contribution is 7.89. The highest BCUT2D eigenvalue weighted by Gasteiger charge is 2.24. The van der Waals surface area contributed by atoms with Gasteiger partial charge >= 0.3 is 0 Å². The normalized spacial score (nSPS) is 12.6. The fourth-order valence-corrected chi connectivity index (χ4v) is 3.25. The van der Waals surface area contributed by atoms with Crippen LogP contribution in [0.4, 0.5) is 5.69 Å². The van der Waals surface area contributed by atoms with Gasteiger partial charge in [-0.25, -0.2) is 13.1 Å². The molecule has 0 spiro atoms. The van der Waals surface area contributed by atoms with E-state index in [1.807, 2.05) is 6.92 Å². The van der Waals surface area contributed by atoms with E-state index in [2.05, 4.69) is 4.72 Å². The fourth-order valence-electron chi connectivity index (χ4n) is 1.51. The van der Waals surface area contributed by atoms with E-state index in [-0.39, 0.29) is 16.5 Å². The van der Waals surface area contributed by atoms with Crippen molar-refractivity contribution in [3.63, 3.8) is 0 Å². The molecule has 0 aliphatic heterocycles. The first-order valence-corrected chi connectivity index (χ1v) is 7.73. The molecule has 108 valence electrons. The summed E-state index contributed by atoms with van der Waals surface area (Å²) in [5.74, 6) is 0. The molecule has 0 saturated carbocycles. The third-order valence-electron chi connectivity index (χ3n) is 2.47. The first-order chi connectivity index (χ1) is 8.68. The zero-order valence-corrected chi connectivity index (χ0v) is 12.8. The van der Waals surface area contributed by atoms with Crippen LogP contribution in [0.3, 0.4) is 0 Å². The molecule has 0 saturated heterocycles. The minimum absolute atomic E-state index is 0.0264. The number of sulfonamides is 1. The Bertz CT molecular complexity index is 544. The van der Waals surface area contributed by atoms with Crippen LogP contribution in [-0.2, 0) is 14.8 Å². The van der Waals surface area contributed by atoms with Crippen molar-refractivity contribution in [1.29, 1.82) is 0 Å². The highest BCUT2D eigenvalue weighted by Crippen LogP contribution is 2.23.